The molecule has 1 atom stereocenters. The smallest absolute Gasteiger partial charge is 0.269 e. The molecule has 0 saturated carbocycles. The van der Waals surface area contributed by atoms with Crippen molar-refractivity contribution >= 4 is 5.69 Å². The predicted octanol–water partition coefficient (Wildman–Crippen LogP) is 5.42. The Morgan fingerprint density at radius 3 is 2.27 bits per heavy atom. The summed E-state index contributed by atoms with van der Waals surface area (Å²) < 4.78 is 5.67. The van der Waals surface area contributed by atoms with Crippen molar-refractivity contribution in [3.05, 3.63) is 85.5 Å². The molecule has 0 saturated heterocycles. The number of rotatable bonds is 2. The fourth-order valence-electron chi connectivity index (χ4n) is 3.78. The third-order valence-corrected chi connectivity index (χ3v) is 5.26. The summed E-state index contributed by atoms with van der Waals surface area (Å²) in [6.45, 7) is 6.27. The normalized spacial score (nSPS) is 15.7. The molecule has 0 heterocycles. The van der Waals surface area contributed by atoms with Crippen LogP contribution in [0, 0.1) is 54.6 Å². The van der Waals surface area contributed by atoms with Gasteiger partial charge >= 0.3 is 0 Å². The summed E-state index contributed by atoms with van der Waals surface area (Å²) in [4.78, 5) is 10.4. The lowest BCUT2D eigenvalue weighted by Crippen LogP contribution is -2.18. The van der Waals surface area contributed by atoms with Crippen LogP contribution in [0.5, 0.6) is 0 Å². The fourth-order valence-corrected chi connectivity index (χ4v) is 3.78. The molecule has 30 heavy (non-hydrogen) atoms. The quantitative estimate of drug-likeness (QED) is 0.385. The van der Waals surface area contributed by atoms with Gasteiger partial charge in [0.2, 0.25) is 0 Å². The van der Waals surface area contributed by atoms with Crippen molar-refractivity contribution in [3.63, 3.8) is 0 Å². The number of benzene rings is 2. The van der Waals surface area contributed by atoms with Gasteiger partial charge in [-0.2, -0.15) is 0 Å². The molecule has 4 heteroatoms. The molecule has 152 valence electrons. The van der Waals surface area contributed by atoms with Crippen LogP contribution in [0.15, 0.2) is 47.5 Å². The molecule has 0 spiro atoms. The Morgan fingerprint density at radius 2 is 1.67 bits per heavy atom. The van der Waals surface area contributed by atoms with E-state index in [1.807, 2.05) is 0 Å². The van der Waals surface area contributed by atoms with E-state index < -0.39 is 4.92 Å². The monoisotopic (exact) mass is 399 g/mol. The number of methoxy groups -OCH3 is 1. The van der Waals surface area contributed by atoms with Crippen molar-refractivity contribution in [1.29, 1.82) is 0 Å². The summed E-state index contributed by atoms with van der Waals surface area (Å²) in [5.41, 5.74) is 7.38. The van der Waals surface area contributed by atoms with Gasteiger partial charge in [-0.15, -0.1) is 0 Å². The van der Waals surface area contributed by atoms with Crippen LogP contribution in [0.2, 0.25) is 0 Å². The molecule has 0 aliphatic heterocycles. The zero-order chi connectivity index (χ0) is 21.7. The first kappa shape index (κ1) is 21.4. The number of nitro groups is 1. The van der Waals surface area contributed by atoms with Gasteiger partial charge in [0, 0.05) is 41.5 Å². The van der Waals surface area contributed by atoms with Gasteiger partial charge in [-0.25, -0.2) is 0 Å². The van der Waals surface area contributed by atoms with Crippen molar-refractivity contribution in [2.45, 2.75) is 46.1 Å². The van der Waals surface area contributed by atoms with Crippen LogP contribution in [0.3, 0.4) is 0 Å². The van der Waals surface area contributed by atoms with E-state index in [0.29, 0.717) is 0 Å². The second kappa shape index (κ2) is 9.44. The minimum absolute atomic E-state index is 0.0580. The van der Waals surface area contributed by atoms with Crippen LogP contribution in [-0.2, 0) is 4.74 Å². The summed E-state index contributed by atoms with van der Waals surface area (Å²) in [5.74, 6) is 13.1. The Bertz CT molecular complexity index is 1100. The van der Waals surface area contributed by atoms with E-state index in [2.05, 4.69) is 56.6 Å². The Hall–Kier alpha value is -3.34. The zero-order valence-corrected chi connectivity index (χ0v) is 17.8. The highest BCUT2D eigenvalue weighted by Gasteiger charge is 2.21. The number of nitro benzene ring substituents is 1. The molecule has 4 nitrogen and oxygen atoms in total. The number of aryl methyl sites for hydroxylation is 3. The Kier molecular flexibility index (Phi) is 6.72. The lowest BCUT2D eigenvalue weighted by molar-refractivity contribution is -0.384. The van der Waals surface area contributed by atoms with E-state index in [-0.39, 0.29) is 11.8 Å². The maximum Gasteiger partial charge on any atom is 0.269 e. The van der Waals surface area contributed by atoms with Gasteiger partial charge in [-0.1, -0.05) is 41.4 Å². The highest BCUT2D eigenvalue weighted by molar-refractivity contribution is 5.55. The Balaban J connectivity index is 2.00. The summed E-state index contributed by atoms with van der Waals surface area (Å²) in [7, 11) is 1.70. The van der Waals surface area contributed by atoms with Crippen LogP contribution in [-0.4, -0.2) is 18.1 Å². The first-order chi connectivity index (χ1) is 14.4. The zero-order valence-electron chi connectivity index (χ0n) is 17.8. The highest BCUT2D eigenvalue weighted by atomic mass is 16.6. The number of allylic oxidation sites excluding steroid dienone is 1. The predicted molar refractivity (Wildman–Crippen MR) is 119 cm³/mol. The largest absolute Gasteiger partial charge is 0.376 e. The summed E-state index contributed by atoms with van der Waals surface area (Å²) in [5, 5.41) is 10.8. The number of hydrogen-bond donors (Lipinski definition) is 0. The second-order valence-electron chi connectivity index (χ2n) is 7.59. The van der Waals surface area contributed by atoms with E-state index in [9.17, 15) is 10.1 Å². The molecular formula is C26H25NO3. The van der Waals surface area contributed by atoms with Gasteiger partial charge < -0.3 is 4.74 Å². The van der Waals surface area contributed by atoms with Gasteiger partial charge in [0.15, 0.2) is 0 Å². The average molecular weight is 399 g/mol. The Morgan fingerprint density at radius 1 is 1.00 bits per heavy atom. The molecule has 0 bridgehead atoms. The number of non-ortho nitro benzene ring substituents is 1. The van der Waals surface area contributed by atoms with Crippen molar-refractivity contribution < 1.29 is 9.66 Å². The molecule has 3 rings (SSSR count). The lowest BCUT2D eigenvalue weighted by atomic mass is 9.89. The molecule has 0 N–H and O–H groups in total. The fraction of sp³-hybridized carbons (Fsp3) is 0.308. The van der Waals surface area contributed by atoms with Crippen molar-refractivity contribution in [2.24, 2.45) is 0 Å². The minimum Gasteiger partial charge on any atom is -0.376 e. The van der Waals surface area contributed by atoms with Gasteiger partial charge in [-0.05, 0) is 63.3 Å². The first-order valence-corrected chi connectivity index (χ1v) is 10.0. The third kappa shape index (κ3) is 4.98. The summed E-state index contributed by atoms with van der Waals surface area (Å²) in [6.07, 6.45) is 2.72. The van der Waals surface area contributed by atoms with Crippen LogP contribution in [0.25, 0.3) is 0 Å². The molecule has 0 fully saturated rings. The molecule has 0 amide bonds. The van der Waals surface area contributed by atoms with E-state index in [4.69, 9.17) is 4.74 Å². The SMILES string of the molecule is COC1CCCC(C#Cc2c(C)cc(C)cc2C)=C1C#Cc1ccc([N+](=O)[O-])cc1. The van der Waals surface area contributed by atoms with E-state index >= 15 is 0 Å². The summed E-state index contributed by atoms with van der Waals surface area (Å²) in [6, 6.07) is 10.6. The third-order valence-electron chi connectivity index (χ3n) is 5.26. The standard InChI is InChI=1S/C26H25NO3/c1-18-16-19(2)24(20(3)17-18)15-11-22-6-5-7-26(30-4)25(22)14-10-21-8-12-23(13-9-21)27(28)29/h8-9,12-13,16-17,26H,5-7H2,1-4H3. The Labute approximate surface area is 178 Å². The topological polar surface area (TPSA) is 52.4 Å². The van der Waals surface area contributed by atoms with Crippen LogP contribution < -0.4 is 0 Å². The number of hydrogen-bond acceptors (Lipinski definition) is 3. The maximum atomic E-state index is 10.8. The highest BCUT2D eigenvalue weighted by Crippen LogP contribution is 2.27. The van der Waals surface area contributed by atoms with Crippen molar-refractivity contribution in [1.82, 2.24) is 0 Å². The minimum atomic E-state index is -0.412. The number of ether oxygens (including phenoxy) is 1. The molecule has 2 aromatic carbocycles. The van der Waals surface area contributed by atoms with Gasteiger partial charge in [0.1, 0.15) is 0 Å². The molecule has 1 unspecified atom stereocenters. The molecule has 1 aliphatic rings. The molecule has 1 aliphatic carbocycles. The van der Waals surface area contributed by atoms with E-state index in [1.165, 1.54) is 28.8 Å². The average Bonchev–Trinajstić information content (AvgIpc) is 2.72. The van der Waals surface area contributed by atoms with Crippen LogP contribution in [0.4, 0.5) is 5.69 Å². The number of nitrogens with zero attached hydrogens (tertiary/aromatic N) is 1. The van der Waals surface area contributed by atoms with Crippen LogP contribution >= 0.6 is 0 Å². The molecule has 0 aromatic heterocycles. The van der Waals surface area contributed by atoms with Gasteiger partial charge in [-0.3, -0.25) is 10.1 Å². The van der Waals surface area contributed by atoms with E-state index in [1.54, 1.807) is 19.2 Å². The van der Waals surface area contributed by atoms with Gasteiger partial charge in [0.25, 0.3) is 5.69 Å². The molecule has 0 radical (unpaired) electrons. The van der Waals surface area contributed by atoms with Crippen molar-refractivity contribution in [2.75, 3.05) is 7.11 Å². The van der Waals surface area contributed by atoms with Crippen LogP contribution in [0.1, 0.15) is 47.1 Å². The summed E-state index contributed by atoms with van der Waals surface area (Å²) >= 11 is 0. The first-order valence-electron chi connectivity index (χ1n) is 10.0. The van der Waals surface area contributed by atoms with E-state index in [0.717, 1.165) is 41.5 Å². The second-order valence-corrected chi connectivity index (χ2v) is 7.59. The molecular weight excluding hydrogens is 374 g/mol. The van der Waals surface area contributed by atoms with Crippen molar-refractivity contribution in [3.8, 4) is 23.7 Å². The maximum absolute atomic E-state index is 10.8. The van der Waals surface area contributed by atoms with Gasteiger partial charge in [0.05, 0.1) is 11.0 Å². The molecule has 2 aromatic rings. The lowest BCUT2D eigenvalue weighted by Gasteiger charge is -2.22.